The summed E-state index contributed by atoms with van der Waals surface area (Å²) in [6.07, 6.45) is 5.25. The molecule has 1 aliphatic heterocycles. The highest BCUT2D eigenvalue weighted by Gasteiger charge is 2.27. The summed E-state index contributed by atoms with van der Waals surface area (Å²) in [6.45, 7) is 2.11. The topological polar surface area (TPSA) is 66.9 Å². The lowest BCUT2D eigenvalue weighted by molar-refractivity contribution is 0.0921. The van der Waals surface area contributed by atoms with Crippen molar-refractivity contribution in [3.05, 3.63) is 36.4 Å². The molecule has 2 aromatic heterocycles. The summed E-state index contributed by atoms with van der Waals surface area (Å²) in [5, 5.41) is 6.96. The Balaban J connectivity index is 1.91. The molecule has 1 unspecified atom stereocenters. The lowest BCUT2D eigenvalue weighted by Gasteiger charge is -2.34. The Labute approximate surface area is 98.7 Å². The monoisotopic (exact) mass is 231 g/mol. The number of nitrogens with one attached hydrogen (secondary N) is 1. The molecule has 0 spiro atoms. The van der Waals surface area contributed by atoms with Crippen LogP contribution in [0.2, 0.25) is 0 Å². The van der Waals surface area contributed by atoms with Gasteiger partial charge >= 0.3 is 0 Å². The number of rotatable bonds is 2. The van der Waals surface area contributed by atoms with Crippen molar-refractivity contribution in [1.29, 1.82) is 0 Å². The van der Waals surface area contributed by atoms with E-state index in [1.54, 1.807) is 18.6 Å². The van der Waals surface area contributed by atoms with Gasteiger partial charge in [0.1, 0.15) is 0 Å². The first-order valence-electron chi connectivity index (χ1n) is 5.56. The van der Waals surface area contributed by atoms with Crippen molar-refractivity contribution in [3.63, 3.8) is 0 Å². The molecule has 0 radical (unpaired) electrons. The number of morpholine rings is 1. The third-order valence-electron chi connectivity index (χ3n) is 2.82. The molecule has 1 aliphatic rings. The number of aromatic amines is 1. The van der Waals surface area contributed by atoms with Crippen LogP contribution < -0.4 is 4.90 Å². The van der Waals surface area contributed by atoms with Crippen molar-refractivity contribution in [1.82, 2.24) is 20.2 Å². The van der Waals surface area contributed by atoms with Crippen molar-refractivity contribution in [2.24, 2.45) is 0 Å². The van der Waals surface area contributed by atoms with Gasteiger partial charge in [-0.2, -0.15) is 5.10 Å². The zero-order valence-corrected chi connectivity index (χ0v) is 9.28. The van der Waals surface area contributed by atoms with Gasteiger partial charge < -0.3 is 9.64 Å². The summed E-state index contributed by atoms with van der Waals surface area (Å²) in [5.74, 6) is 0.732. The molecule has 0 aromatic carbocycles. The Bertz CT molecular complexity index is 458. The van der Waals surface area contributed by atoms with Crippen LogP contribution in [0.1, 0.15) is 11.7 Å². The quantitative estimate of drug-likeness (QED) is 0.827. The number of aromatic nitrogens is 4. The van der Waals surface area contributed by atoms with Crippen molar-refractivity contribution in [3.8, 4) is 0 Å². The Kier molecular flexibility index (Phi) is 2.71. The third kappa shape index (κ3) is 1.99. The van der Waals surface area contributed by atoms with Gasteiger partial charge in [-0.3, -0.25) is 5.10 Å². The molecule has 6 heteroatoms. The fraction of sp³-hybridized carbons (Fsp3) is 0.364. The smallest absolute Gasteiger partial charge is 0.225 e. The fourth-order valence-corrected chi connectivity index (χ4v) is 1.99. The highest BCUT2D eigenvalue weighted by Crippen LogP contribution is 2.25. The van der Waals surface area contributed by atoms with Gasteiger partial charge in [-0.15, -0.1) is 0 Å². The standard InChI is InChI=1S/C11H13N5O/c1-3-12-11(13-4-1)16-6-7-17-8-10(16)9-2-5-14-15-9/h1-5,10H,6-8H2,(H,14,15). The normalized spacial score (nSPS) is 20.5. The average Bonchev–Trinajstić information content (AvgIpc) is 2.94. The first-order chi connectivity index (χ1) is 8.45. The molecule has 3 heterocycles. The van der Waals surface area contributed by atoms with Crippen molar-refractivity contribution in [2.45, 2.75) is 6.04 Å². The van der Waals surface area contributed by atoms with Gasteiger partial charge in [0.2, 0.25) is 5.95 Å². The van der Waals surface area contributed by atoms with Gasteiger partial charge in [-0.05, 0) is 12.1 Å². The molecule has 88 valence electrons. The molecule has 1 saturated heterocycles. The zero-order chi connectivity index (χ0) is 11.5. The first kappa shape index (κ1) is 10.2. The summed E-state index contributed by atoms with van der Waals surface area (Å²) in [7, 11) is 0. The fourth-order valence-electron chi connectivity index (χ4n) is 1.99. The van der Waals surface area contributed by atoms with Gasteiger partial charge in [0.05, 0.1) is 24.9 Å². The maximum atomic E-state index is 5.51. The second kappa shape index (κ2) is 4.50. The molecule has 2 aromatic rings. The zero-order valence-electron chi connectivity index (χ0n) is 9.28. The Morgan fingerprint density at radius 3 is 2.94 bits per heavy atom. The number of hydrogen-bond donors (Lipinski definition) is 1. The van der Waals surface area contributed by atoms with E-state index in [0.717, 1.165) is 18.2 Å². The van der Waals surface area contributed by atoms with Crippen LogP contribution in [0.5, 0.6) is 0 Å². The van der Waals surface area contributed by atoms with Crippen LogP contribution in [0.25, 0.3) is 0 Å². The van der Waals surface area contributed by atoms with E-state index >= 15 is 0 Å². The molecule has 6 nitrogen and oxygen atoms in total. The minimum atomic E-state index is 0.105. The maximum absolute atomic E-state index is 5.51. The summed E-state index contributed by atoms with van der Waals surface area (Å²) < 4.78 is 5.51. The van der Waals surface area contributed by atoms with Crippen molar-refractivity contribution >= 4 is 5.95 Å². The van der Waals surface area contributed by atoms with E-state index in [0.29, 0.717) is 13.2 Å². The summed E-state index contributed by atoms with van der Waals surface area (Å²) >= 11 is 0. The van der Waals surface area contributed by atoms with Gasteiger partial charge in [-0.1, -0.05) is 0 Å². The molecular weight excluding hydrogens is 218 g/mol. The van der Waals surface area contributed by atoms with E-state index in [1.807, 2.05) is 12.1 Å². The van der Waals surface area contributed by atoms with Crippen LogP contribution in [0.15, 0.2) is 30.7 Å². The van der Waals surface area contributed by atoms with Crippen LogP contribution in [0.3, 0.4) is 0 Å². The van der Waals surface area contributed by atoms with Crippen LogP contribution in [-0.2, 0) is 4.74 Å². The Morgan fingerprint density at radius 2 is 2.18 bits per heavy atom. The largest absolute Gasteiger partial charge is 0.377 e. The van der Waals surface area contributed by atoms with Gasteiger partial charge in [-0.25, -0.2) is 9.97 Å². The molecule has 0 aliphatic carbocycles. The molecule has 0 bridgehead atoms. The number of H-pyrrole nitrogens is 1. The van der Waals surface area contributed by atoms with Crippen LogP contribution in [0.4, 0.5) is 5.95 Å². The molecular formula is C11H13N5O. The van der Waals surface area contributed by atoms with E-state index in [-0.39, 0.29) is 6.04 Å². The molecule has 0 saturated carbocycles. The summed E-state index contributed by atoms with van der Waals surface area (Å²) in [4.78, 5) is 10.7. The molecule has 1 atom stereocenters. The third-order valence-corrected chi connectivity index (χ3v) is 2.82. The molecule has 3 rings (SSSR count). The van der Waals surface area contributed by atoms with Crippen LogP contribution >= 0.6 is 0 Å². The van der Waals surface area contributed by atoms with Gasteiger partial charge in [0, 0.05) is 25.1 Å². The van der Waals surface area contributed by atoms with Crippen molar-refractivity contribution in [2.75, 3.05) is 24.7 Å². The minimum absolute atomic E-state index is 0.105. The van der Waals surface area contributed by atoms with Gasteiger partial charge in [0.25, 0.3) is 0 Å². The van der Waals surface area contributed by atoms with Gasteiger partial charge in [0.15, 0.2) is 0 Å². The second-order valence-corrected chi connectivity index (χ2v) is 3.84. The molecule has 0 amide bonds. The Hall–Kier alpha value is -1.95. The number of nitrogens with zero attached hydrogens (tertiary/aromatic N) is 4. The average molecular weight is 231 g/mol. The lowest BCUT2D eigenvalue weighted by Crippen LogP contribution is -2.40. The van der Waals surface area contributed by atoms with E-state index in [9.17, 15) is 0 Å². The summed E-state index contributed by atoms with van der Waals surface area (Å²) in [5.41, 5.74) is 1.03. The van der Waals surface area contributed by atoms with E-state index < -0.39 is 0 Å². The lowest BCUT2D eigenvalue weighted by atomic mass is 10.1. The number of anilines is 1. The Morgan fingerprint density at radius 1 is 1.29 bits per heavy atom. The molecule has 17 heavy (non-hydrogen) atoms. The number of ether oxygens (including phenoxy) is 1. The predicted octanol–water partition coefficient (Wildman–Crippen LogP) is 0.778. The highest BCUT2D eigenvalue weighted by molar-refractivity contribution is 5.34. The second-order valence-electron chi connectivity index (χ2n) is 3.84. The SMILES string of the molecule is c1cnc(N2CCOCC2c2ccn[nH]2)nc1. The van der Waals surface area contributed by atoms with Crippen LogP contribution in [0, 0.1) is 0 Å². The van der Waals surface area contributed by atoms with Crippen molar-refractivity contribution < 1.29 is 4.74 Å². The van der Waals surface area contributed by atoms with E-state index in [2.05, 4.69) is 25.1 Å². The minimum Gasteiger partial charge on any atom is -0.377 e. The highest BCUT2D eigenvalue weighted by atomic mass is 16.5. The predicted molar refractivity (Wildman–Crippen MR) is 61.5 cm³/mol. The first-order valence-corrected chi connectivity index (χ1v) is 5.56. The molecule has 1 fully saturated rings. The van der Waals surface area contributed by atoms with E-state index in [1.165, 1.54) is 0 Å². The van der Waals surface area contributed by atoms with E-state index in [4.69, 9.17) is 4.74 Å². The van der Waals surface area contributed by atoms with Crippen LogP contribution in [-0.4, -0.2) is 39.9 Å². The molecule has 1 N–H and O–H groups in total. The number of hydrogen-bond acceptors (Lipinski definition) is 5. The maximum Gasteiger partial charge on any atom is 0.225 e. The summed E-state index contributed by atoms with van der Waals surface area (Å²) in [6, 6.07) is 3.87.